The summed E-state index contributed by atoms with van der Waals surface area (Å²) >= 11 is 1.83. The number of rotatable bonds is 6. The minimum absolute atomic E-state index is 0.642. The third kappa shape index (κ3) is 5.66. The number of para-hydroxylation sites is 3. The summed E-state index contributed by atoms with van der Waals surface area (Å²) in [5.74, 6) is 1.94. The first-order valence-corrected chi connectivity index (χ1v) is 22.0. The summed E-state index contributed by atoms with van der Waals surface area (Å²) in [5.41, 5.74) is 12.2. The van der Waals surface area contributed by atoms with Crippen LogP contribution < -0.4 is 0 Å². The van der Waals surface area contributed by atoms with E-state index in [2.05, 4.69) is 185 Å². The largest absolute Gasteiger partial charge is 0.307 e. The first kappa shape index (κ1) is 35.6. The van der Waals surface area contributed by atoms with E-state index in [1.165, 1.54) is 69.4 Å². The summed E-state index contributed by atoms with van der Waals surface area (Å²) in [6.45, 7) is 0. The van der Waals surface area contributed by atoms with Gasteiger partial charge < -0.3 is 9.13 Å². The van der Waals surface area contributed by atoms with Crippen molar-refractivity contribution in [3.63, 3.8) is 0 Å². The first-order chi connectivity index (χ1) is 31.2. The lowest BCUT2D eigenvalue weighted by Crippen LogP contribution is -2.00. The topological polar surface area (TPSA) is 48.5 Å². The van der Waals surface area contributed by atoms with E-state index in [9.17, 15) is 0 Å². The molecule has 0 aliphatic carbocycles. The second kappa shape index (κ2) is 14.2. The molecule has 0 saturated carbocycles. The van der Waals surface area contributed by atoms with E-state index in [1.807, 2.05) is 47.7 Å². The van der Waals surface area contributed by atoms with Gasteiger partial charge in [0, 0.05) is 64.1 Å². The zero-order valence-electron chi connectivity index (χ0n) is 33.9. The van der Waals surface area contributed by atoms with Gasteiger partial charge in [0.2, 0.25) is 0 Å². The minimum atomic E-state index is 0.642. The lowest BCUT2D eigenvalue weighted by atomic mass is 10.0. The van der Waals surface area contributed by atoms with Crippen LogP contribution in [0.1, 0.15) is 0 Å². The second-order valence-electron chi connectivity index (χ2n) is 16.0. The molecule has 0 amide bonds. The van der Waals surface area contributed by atoms with Crippen molar-refractivity contribution in [2.24, 2.45) is 0 Å². The summed E-state index contributed by atoms with van der Waals surface area (Å²) in [4.78, 5) is 15.2. The molecule has 0 radical (unpaired) electrons. The van der Waals surface area contributed by atoms with Crippen LogP contribution in [0.15, 0.2) is 212 Å². The molecule has 0 unspecified atom stereocenters. The maximum absolute atomic E-state index is 5.12. The van der Waals surface area contributed by atoms with Crippen LogP contribution >= 0.6 is 11.3 Å². The SMILES string of the molecule is c1ccc(-c2ccc3c(c2)c2ccccc2n3-c2cccc3c4ccc5sc6ccc(-c7nc(-c8ccccc8)nc(-c8ccccc8)n7)cc6c5c4n(-c4ccccc4)c23)cc1. The molecular weight excluding hydrogens is 787 g/mol. The van der Waals surface area contributed by atoms with Crippen molar-refractivity contribution in [1.82, 2.24) is 24.1 Å². The van der Waals surface area contributed by atoms with Gasteiger partial charge in [-0.15, -0.1) is 11.3 Å². The number of benzene rings is 9. The number of thiophene rings is 1. The van der Waals surface area contributed by atoms with Gasteiger partial charge in [-0.3, -0.25) is 0 Å². The third-order valence-corrected chi connectivity index (χ3v) is 13.5. The fourth-order valence-electron chi connectivity index (χ4n) is 9.53. The zero-order chi connectivity index (χ0) is 41.4. The average molecular weight is 822 g/mol. The van der Waals surface area contributed by atoms with Crippen molar-refractivity contribution in [1.29, 1.82) is 0 Å². The highest BCUT2D eigenvalue weighted by atomic mass is 32.1. The molecule has 0 bridgehead atoms. The molecule has 294 valence electrons. The quantitative estimate of drug-likeness (QED) is 0.168. The molecule has 63 heavy (non-hydrogen) atoms. The summed E-state index contributed by atoms with van der Waals surface area (Å²) in [6.07, 6.45) is 0. The predicted molar refractivity (Wildman–Crippen MR) is 263 cm³/mol. The van der Waals surface area contributed by atoms with Gasteiger partial charge in [0.1, 0.15) is 0 Å². The molecule has 0 aliphatic heterocycles. The molecule has 0 spiro atoms. The van der Waals surface area contributed by atoms with E-state index in [-0.39, 0.29) is 0 Å². The molecule has 0 saturated heterocycles. The number of nitrogens with zero attached hydrogens (tertiary/aromatic N) is 5. The Hall–Kier alpha value is -8.19. The molecule has 13 aromatic rings. The van der Waals surface area contributed by atoms with Gasteiger partial charge >= 0.3 is 0 Å². The molecule has 4 heterocycles. The van der Waals surface area contributed by atoms with E-state index >= 15 is 0 Å². The smallest absolute Gasteiger partial charge is 0.164 e. The van der Waals surface area contributed by atoms with Crippen LogP contribution in [0.2, 0.25) is 0 Å². The van der Waals surface area contributed by atoms with Gasteiger partial charge in [0.15, 0.2) is 17.5 Å². The van der Waals surface area contributed by atoms with E-state index in [0.717, 1.165) is 33.6 Å². The minimum Gasteiger partial charge on any atom is -0.307 e. The summed E-state index contributed by atoms with van der Waals surface area (Å²) < 4.78 is 7.41. The van der Waals surface area contributed by atoms with Crippen molar-refractivity contribution in [2.45, 2.75) is 0 Å². The predicted octanol–water partition coefficient (Wildman–Crippen LogP) is 15.1. The molecule has 6 heteroatoms. The molecular formula is C57H35N5S. The van der Waals surface area contributed by atoms with Gasteiger partial charge in [-0.25, -0.2) is 15.0 Å². The maximum atomic E-state index is 5.12. The van der Waals surface area contributed by atoms with Crippen LogP contribution in [0.25, 0.3) is 120 Å². The summed E-state index contributed by atoms with van der Waals surface area (Å²) in [7, 11) is 0. The fourth-order valence-corrected chi connectivity index (χ4v) is 10.6. The van der Waals surface area contributed by atoms with E-state index in [1.54, 1.807) is 0 Å². The van der Waals surface area contributed by atoms with Gasteiger partial charge in [-0.05, 0) is 71.8 Å². The Kier molecular flexibility index (Phi) is 8.01. The Labute approximate surface area is 366 Å². The lowest BCUT2D eigenvalue weighted by Gasteiger charge is -2.15. The number of hydrogen-bond donors (Lipinski definition) is 0. The Morgan fingerprint density at radius 3 is 1.57 bits per heavy atom. The highest BCUT2D eigenvalue weighted by Gasteiger charge is 2.23. The average Bonchev–Trinajstić information content (AvgIpc) is 4.02. The van der Waals surface area contributed by atoms with Crippen LogP contribution in [-0.4, -0.2) is 24.1 Å². The van der Waals surface area contributed by atoms with E-state index in [0.29, 0.717) is 17.5 Å². The summed E-state index contributed by atoms with van der Waals surface area (Å²) in [5, 5.41) is 7.26. The normalized spacial score (nSPS) is 11.8. The van der Waals surface area contributed by atoms with Gasteiger partial charge in [-0.1, -0.05) is 152 Å². The Morgan fingerprint density at radius 1 is 0.317 bits per heavy atom. The molecule has 9 aromatic carbocycles. The molecule has 5 nitrogen and oxygen atoms in total. The number of hydrogen-bond acceptors (Lipinski definition) is 4. The van der Waals surface area contributed by atoms with Crippen LogP contribution in [0.4, 0.5) is 0 Å². The van der Waals surface area contributed by atoms with Crippen LogP contribution in [0.3, 0.4) is 0 Å². The lowest BCUT2D eigenvalue weighted by molar-refractivity contribution is 1.07. The Morgan fingerprint density at radius 2 is 0.857 bits per heavy atom. The Bertz CT molecular complexity index is 3830. The monoisotopic (exact) mass is 821 g/mol. The van der Waals surface area contributed by atoms with Crippen LogP contribution in [0.5, 0.6) is 0 Å². The third-order valence-electron chi connectivity index (χ3n) is 12.4. The number of fused-ring (bicyclic) bond motifs is 10. The van der Waals surface area contributed by atoms with Crippen molar-refractivity contribution in [3.8, 4) is 56.7 Å². The standard InChI is InChI=1S/C57H35N5S/c1-5-16-36(17-6-1)39-28-31-48-45(34-39)42-24-13-14-26-47(42)62(48)49-27-15-25-43-44-30-33-51-52(54(44)61(53(43)49)41-22-11-4-12-23-41)46-35-40(29-32-50(46)63-51)57-59-55(37-18-7-2-8-19-37)58-56(60-57)38-20-9-3-10-21-38/h1-35H. The van der Waals surface area contributed by atoms with Crippen molar-refractivity contribution in [3.05, 3.63) is 212 Å². The molecule has 4 aromatic heterocycles. The molecule has 0 fully saturated rings. The second-order valence-corrected chi connectivity index (χ2v) is 17.1. The Balaban J connectivity index is 1.10. The fraction of sp³-hybridized carbons (Fsp3) is 0. The molecule has 0 atom stereocenters. The molecule has 0 aliphatic rings. The van der Waals surface area contributed by atoms with Crippen molar-refractivity contribution in [2.75, 3.05) is 0 Å². The van der Waals surface area contributed by atoms with Crippen molar-refractivity contribution < 1.29 is 0 Å². The zero-order valence-corrected chi connectivity index (χ0v) is 34.7. The summed E-state index contributed by atoms with van der Waals surface area (Å²) in [6, 6.07) is 75.7. The molecule has 13 rings (SSSR count). The van der Waals surface area contributed by atoms with Crippen LogP contribution in [-0.2, 0) is 0 Å². The van der Waals surface area contributed by atoms with Crippen LogP contribution in [0, 0.1) is 0 Å². The highest BCUT2D eigenvalue weighted by Crippen LogP contribution is 2.46. The van der Waals surface area contributed by atoms with Gasteiger partial charge in [0.25, 0.3) is 0 Å². The maximum Gasteiger partial charge on any atom is 0.164 e. The number of aromatic nitrogens is 5. The van der Waals surface area contributed by atoms with Gasteiger partial charge in [-0.2, -0.15) is 0 Å². The first-order valence-electron chi connectivity index (χ1n) is 21.2. The van der Waals surface area contributed by atoms with Gasteiger partial charge in [0.05, 0.1) is 27.8 Å². The van der Waals surface area contributed by atoms with E-state index < -0.39 is 0 Å². The highest BCUT2D eigenvalue weighted by molar-refractivity contribution is 7.26. The van der Waals surface area contributed by atoms with E-state index in [4.69, 9.17) is 15.0 Å². The molecule has 0 N–H and O–H groups in total. The van der Waals surface area contributed by atoms with Crippen molar-refractivity contribution >= 4 is 75.1 Å².